The van der Waals surface area contributed by atoms with Crippen molar-refractivity contribution in [2.75, 3.05) is 9.80 Å². The van der Waals surface area contributed by atoms with Crippen LogP contribution in [0, 0.1) is 13.8 Å². The third kappa shape index (κ3) is 7.27. The van der Waals surface area contributed by atoms with E-state index in [1.54, 1.807) is 0 Å². The Bertz CT molecular complexity index is 3510. The number of anilines is 6. The lowest BCUT2D eigenvalue weighted by Crippen LogP contribution is -2.09. The van der Waals surface area contributed by atoms with Crippen LogP contribution in [0.15, 0.2) is 247 Å². The fourth-order valence-electron chi connectivity index (χ4n) is 9.75. The molecule has 0 radical (unpaired) electrons. The fraction of sp³-hybridized carbons (Fsp3) is 0.0317. The standard InChI is InChI=1S/C63H46N4O/c1-43-44(2)59(39-35-55(43)46-30-28-45(29-31-46)48-32-36-58-62(40-48)68-63(64-58)47-18-8-3-9-19-47)67-60-37-33-53(65(49-20-10-4-11-21-49)50-22-12-5-13-23-50)41-56(60)57-42-54(34-38-61(57)67)66(51-24-14-6-15-25-51)52-26-16-7-17-27-52/h3-42H,1-2H3. The highest BCUT2D eigenvalue weighted by atomic mass is 16.3. The lowest BCUT2D eigenvalue weighted by molar-refractivity contribution is 0.620. The summed E-state index contributed by atoms with van der Waals surface area (Å²) in [6.07, 6.45) is 0. The van der Waals surface area contributed by atoms with Crippen LogP contribution in [-0.4, -0.2) is 9.55 Å². The third-order valence-electron chi connectivity index (χ3n) is 13.2. The Labute approximate surface area is 396 Å². The number of oxazole rings is 1. The molecule has 12 rings (SSSR count). The van der Waals surface area contributed by atoms with Crippen LogP contribution in [-0.2, 0) is 0 Å². The Morgan fingerprint density at radius 1 is 0.368 bits per heavy atom. The third-order valence-corrected chi connectivity index (χ3v) is 13.2. The van der Waals surface area contributed by atoms with Gasteiger partial charge in [0.25, 0.3) is 0 Å². The molecule has 68 heavy (non-hydrogen) atoms. The van der Waals surface area contributed by atoms with E-state index < -0.39 is 0 Å². The highest BCUT2D eigenvalue weighted by Gasteiger charge is 2.22. The molecule has 0 atom stereocenters. The molecule has 0 aliphatic rings. The summed E-state index contributed by atoms with van der Waals surface area (Å²) in [5.41, 5.74) is 19.7. The molecule has 0 saturated carbocycles. The number of aromatic nitrogens is 2. The Morgan fingerprint density at radius 2 is 0.824 bits per heavy atom. The fourth-order valence-corrected chi connectivity index (χ4v) is 9.75. The molecule has 5 heteroatoms. The molecule has 0 aliphatic carbocycles. The Balaban J connectivity index is 0.973. The van der Waals surface area contributed by atoms with Gasteiger partial charge in [0.1, 0.15) is 5.52 Å². The van der Waals surface area contributed by atoms with E-state index in [1.807, 2.05) is 36.4 Å². The summed E-state index contributed by atoms with van der Waals surface area (Å²) in [6.45, 7) is 4.52. The van der Waals surface area contributed by atoms with Crippen LogP contribution in [0.1, 0.15) is 11.1 Å². The average molecular weight is 875 g/mol. The van der Waals surface area contributed by atoms with Crippen molar-refractivity contribution in [3.63, 3.8) is 0 Å². The van der Waals surface area contributed by atoms with E-state index in [2.05, 4.69) is 234 Å². The molecule has 0 spiro atoms. The quantitative estimate of drug-likeness (QED) is 0.137. The number of fused-ring (bicyclic) bond motifs is 4. The number of hydrogen-bond donors (Lipinski definition) is 0. The first-order chi connectivity index (χ1) is 33.6. The zero-order valence-corrected chi connectivity index (χ0v) is 37.8. The maximum Gasteiger partial charge on any atom is 0.227 e. The van der Waals surface area contributed by atoms with Crippen LogP contribution in [0.4, 0.5) is 34.1 Å². The van der Waals surface area contributed by atoms with E-state index in [4.69, 9.17) is 9.40 Å². The van der Waals surface area contributed by atoms with Crippen LogP contribution in [0.3, 0.4) is 0 Å². The number of benzene rings is 10. The van der Waals surface area contributed by atoms with Crippen molar-refractivity contribution >= 4 is 67.0 Å². The molecule has 0 aliphatic heterocycles. The van der Waals surface area contributed by atoms with Gasteiger partial charge in [0.2, 0.25) is 5.89 Å². The summed E-state index contributed by atoms with van der Waals surface area (Å²) in [6, 6.07) is 86.2. The second-order valence-corrected chi connectivity index (χ2v) is 17.3. The minimum absolute atomic E-state index is 0.633. The van der Waals surface area contributed by atoms with E-state index in [0.717, 1.165) is 78.6 Å². The van der Waals surface area contributed by atoms with Gasteiger partial charge in [-0.1, -0.05) is 127 Å². The van der Waals surface area contributed by atoms with E-state index >= 15 is 0 Å². The van der Waals surface area contributed by atoms with Crippen molar-refractivity contribution in [2.45, 2.75) is 13.8 Å². The first-order valence-corrected chi connectivity index (χ1v) is 23.1. The largest absolute Gasteiger partial charge is 0.436 e. The second-order valence-electron chi connectivity index (χ2n) is 17.3. The summed E-state index contributed by atoms with van der Waals surface area (Å²) in [4.78, 5) is 9.43. The van der Waals surface area contributed by atoms with Crippen LogP contribution >= 0.6 is 0 Å². The summed E-state index contributed by atoms with van der Waals surface area (Å²) in [5, 5.41) is 2.35. The first kappa shape index (κ1) is 40.6. The average Bonchev–Trinajstić information content (AvgIpc) is 3.98. The van der Waals surface area contributed by atoms with Gasteiger partial charge >= 0.3 is 0 Å². The smallest absolute Gasteiger partial charge is 0.227 e. The number of para-hydroxylation sites is 4. The Kier molecular flexibility index (Phi) is 10.2. The van der Waals surface area contributed by atoms with Gasteiger partial charge in [-0.25, -0.2) is 4.98 Å². The number of rotatable bonds is 10. The van der Waals surface area contributed by atoms with Crippen LogP contribution in [0.25, 0.3) is 72.3 Å². The predicted molar refractivity (Wildman–Crippen MR) is 283 cm³/mol. The van der Waals surface area contributed by atoms with Gasteiger partial charge < -0.3 is 18.8 Å². The van der Waals surface area contributed by atoms with E-state index in [0.29, 0.717) is 5.89 Å². The molecule has 0 amide bonds. The zero-order valence-electron chi connectivity index (χ0n) is 37.8. The molecular formula is C63H46N4O. The van der Waals surface area contributed by atoms with Crippen LogP contribution in [0.2, 0.25) is 0 Å². The monoisotopic (exact) mass is 874 g/mol. The van der Waals surface area contributed by atoms with Crippen molar-refractivity contribution in [1.82, 2.24) is 9.55 Å². The van der Waals surface area contributed by atoms with Crippen LogP contribution in [0.5, 0.6) is 0 Å². The second kappa shape index (κ2) is 17.1. The molecule has 2 aromatic heterocycles. The van der Waals surface area contributed by atoms with Crippen molar-refractivity contribution in [1.29, 1.82) is 0 Å². The van der Waals surface area contributed by atoms with Gasteiger partial charge in [-0.05, 0) is 162 Å². The van der Waals surface area contributed by atoms with Gasteiger partial charge in [0.05, 0.1) is 11.0 Å². The lowest BCUT2D eigenvalue weighted by atomic mass is 9.94. The van der Waals surface area contributed by atoms with Crippen LogP contribution < -0.4 is 9.80 Å². The van der Waals surface area contributed by atoms with E-state index in [1.165, 1.54) is 33.0 Å². The van der Waals surface area contributed by atoms with E-state index in [9.17, 15) is 0 Å². The minimum Gasteiger partial charge on any atom is -0.436 e. The summed E-state index contributed by atoms with van der Waals surface area (Å²) < 4.78 is 8.68. The maximum absolute atomic E-state index is 6.22. The molecule has 324 valence electrons. The molecule has 2 heterocycles. The summed E-state index contributed by atoms with van der Waals surface area (Å²) >= 11 is 0. The van der Waals surface area contributed by atoms with Crippen molar-refractivity contribution in [3.8, 4) is 39.4 Å². The molecular weight excluding hydrogens is 829 g/mol. The highest BCUT2D eigenvalue weighted by Crippen LogP contribution is 2.44. The number of nitrogens with zero attached hydrogens (tertiary/aromatic N) is 4. The highest BCUT2D eigenvalue weighted by molar-refractivity contribution is 6.12. The normalized spacial score (nSPS) is 11.4. The topological polar surface area (TPSA) is 37.4 Å². The summed E-state index contributed by atoms with van der Waals surface area (Å²) in [7, 11) is 0. The van der Waals surface area contributed by atoms with E-state index in [-0.39, 0.29) is 0 Å². The first-order valence-electron chi connectivity index (χ1n) is 23.1. The molecule has 10 aromatic carbocycles. The van der Waals surface area contributed by atoms with Gasteiger partial charge in [0.15, 0.2) is 5.58 Å². The Morgan fingerprint density at radius 3 is 1.32 bits per heavy atom. The zero-order chi connectivity index (χ0) is 45.6. The number of hydrogen-bond acceptors (Lipinski definition) is 4. The molecule has 0 unspecified atom stereocenters. The SMILES string of the molecule is Cc1c(-c2ccc(-c3ccc4nc(-c5ccccc5)oc4c3)cc2)ccc(-n2c3ccc(N(c4ccccc4)c4ccccc4)cc3c3cc(N(c4ccccc4)c4ccccc4)ccc32)c1C. The van der Waals surface area contributed by atoms with Gasteiger partial charge in [-0.15, -0.1) is 0 Å². The summed E-state index contributed by atoms with van der Waals surface area (Å²) in [5.74, 6) is 0.633. The predicted octanol–water partition coefficient (Wildman–Crippen LogP) is 17.5. The van der Waals surface area contributed by atoms with Crippen molar-refractivity contribution < 1.29 is 4.42 Å². The minimum atomic E-state index is 0.633. The molecule has 0 fully saturated rings. The maximum atomic E-state index is 6.22. The molecule has 12 aromatic rings. The Hall–Kier alpha value is -8.93. The van der Waals surface area contributed by atoms with Gasteiger partial charge in [-0.2, -0.15) is 0 Å². The molecule has 0 bridgehead atoms. The van der Waals surface area contributed by atoms with Gasteiger partial charge in [-0.3, -0.25) is 0 Å². The van der Waals surface area contributed by atoms with Crippen molar-refractivity contribution in [2.24, 2.45) is 0 Å². The van der Waals surface area contributed by atoms with Gasteiger partial charge in [0, 0.05) is 56.1 Å². The lowest BCUT2D eigenvalue weighted by Gasteiger charge is -2.26. The molecule has 5 nitrogen and oxygen atoms in total. The molecule has 0 saturated heterocycles. The molecule has 0 N–H and O–H groups in total. The van der Waals surface area contributed by atoms with Crippen molar-refractivity contribution in [3.05, 3.63) is 254 Å².